The van der Waals surface area contributed by atoms with Gasteiger partial charge in [-0.05, 0) is 31.5 Å². The van der Waals surface area contributed by atoms with Gasteiger partial charge in [-0.1, -0.05) is 30.3 Å². The Bertz CT molecular complexity index is 931. The van der Waals surface area contributed by atoms with Crippen molar-refractivity contribution in [2.75, 3.05) is 5.32 Å². The van der Waals surface area contributed by atoms with Gasteiger partial charge >= 0.3 is 0 Å². The molecule has 0 spiro atoms. The predicted molar refractivity (Wildman–Crippen MR) is 115 cm³/mol. The molecule has 2 aromatic carbocycles. The van der Waals surface area contributed by atoms with E-state index in [0.29, 0.717) is 5.69 Å². The molecule has 0 aliphatic heterocycles. The summed E-state index contributed by atoms with van der Waals surface area (Å²) in [5, 5.41) is 18.6. The van der Waals surface area contributed by atoms with Crippen LogP contribution in [0.2, 0.25) is 0 Å². The summed E-state index contributed by atoms with van der Waals surface area (Å²) in [4.78, 5) is 47.4. The predicted octanol–water partition coefficient (Wildman–Crippen LogP) is 1.11. The van der Waals surface area contributed by atoms with Crippen LogP contribution in [0.5, 0.6) is 0 Å². The number of amides is 3. The zero-order valence-corrected chi connectivity index (χ0v) is 17.2. The molecule has 2 rings (SSSR count). The average Bonchev–Trinajstić information content (AvgIpc) is 2.74. The first-order valence-corrected chi connectivity index (χ1v) is 9.63. The van der Waals surface area contributed by atoms with Crippen molar-refractivity contribution in [3.8, 4) is 0 Å². The Morgan fingerprint density at radius 3 is 2.10 bits per heavy atom. The lowest BCUT2D eigenvalue weighted by Crippen LogP contribution is -2.54. The summed E-state index contributed by atoms with van der Waals surface area (Å²) in [6.07, 6.45) is 0.208. The van der Waals surface area contributed by atoms with Crippen LogP contribution in [-0.4, -0.2) is 40.8 Å². The van der Waals surface area contributed by atoms with E-state index in [1.165, 1.54) is 38.1 Å². The van der Waals surface area contributed by atoms with E-state index in [4.69, 9.17) is 5.73 Å². The number of benzene rings is 2. The molecule has 0 bridgehead atoms. The zero-order chi connectivity index (χ0) is 23.0. The molecule has 0 aliphatic rings. The molecule has 3 atom stereocenters. The highest BCUT2D eigenvalue weighted by Gasteiger charge is 2.25. The Kier molecular flexibility index (Phi) is 8.21. The second-order valence-corrected chi connectivity index (χ2v) is 7.06. The van der Waals surface area contributed by atoms with Crippen LogP contribution in [0, 0.1) is 10.1 Å². The fourth-order valence-corrected chi connectivity index (χ4v) is 2.66. The maximum Gasteiger partial charge on any atom is 0.269 e. The minimum atomic E-state index is -0.945. The average molecular weight is 427 g/mol. The van der Waals surface area contributed by atoms with E-state index >= 15 is 0 Å². The van der Waals surface area contributed by atoms with Crippen molar-refractivity contribution in [3.63, 3.8) is 0 Å². The smallest absolute Gasteiger partial charge is 0.269 e. The number of nitrogens with two attached hydrogens (primary N) is 1. The van der Waals surface area contributed by atoms with Gasteiger partial charge in [-0.15, -0.1) is 0 Å². The number of hydrogen-bond donors (Lipinski definition) is 4. The lowest BCUT2D eigenvalue weighted by atomic mass is 10.0. The molecule has 164 valence electrons. The summed E-state index contributed by atoms with van der Waals surface area (Å²) >= 11 is 0. The Hall–Kier alpha value is -3.79. The quantitative estimate of drug-likeness (QED) is 0.347. The number of carbonyl (C=O) groups excluding carboxylic acids is 3. The van der Waals surface area contributed by atoms with E-state index in [1.807, 2.05) is 30.3 Å². The summed E-state index contributed by atoms with van der Waals surface area (Å²) < 4.78 is 0. The third-order valence-corrected chi connectivity index (χ3v) is 4.43. The molecule has 0 saturated carbocycles. The minimum absolute atomic E-state index is 0.106. The molecule has 2 aromatic rings. The first kappa shape index (κ1) is 23.5. The maximum atomic E-state index is 12.9. The van der Waals surface area contributed by atoms with E-state index in [0.717, 1.165) is 5.56 Å². The molecule has 3 amide bonds. The molecule has 10 nitrogen and oxygen atoms in total. The monoisotopic (exact) mass is 427 g/mol. The van der Waals surface area contributed by atoms with Gasteiger partial charge in [-0.2, -0.15) is 0 Å². The highest BCUT2D eigenvalue weighted by Crippen LogP contribution is 2.16. The minimum Gasteiger partial charge on any atom is -0.343 e. The van der Waals surface area contributed by atoms with Crippen molar-refractivity contribution < 1.29 is 19.3 Å². The Balaban J connectivity index is 2.13. The topological polar surface area (TPSA) is 156 Å². The number of nitrogens with zero attached hydrogens (tertiary/aromatic N) is 1. The first-order chi connectivity index (χ1) is 14.7. The molecule has 0 heterocycles. The molecule has 0 aromatic heterocycles. The van der Waals surface area contributed by atoms with Gasteiger partial charge in [0.25, 0.3) is 5.69 Å². The number of anilines is 1. The Labute approximate surface area is 179 Å². The highest BCUT2D eigenvalue weighted by atomic mass is 16.6. The van der Waals surface area contributed by atoms with Crippen molar-refractivity contribution in [1.29, 1.82) is 0 Å². The number of nitrogens with one attached hydrogen (secondary N) is 3. The van der Waals surface area contributed by atoms with Gasteiger partial charge in [0.15, 0.2) is 0 Å². The van der Waals surface area contributed by atoms with E-state index < -0.39 is 40.8 Å². The van der Waals surface area contributed by atoms with Crippen molar-refractivity contribution in [1.82, 2.24) is 10.6 Å². The standard InChI is InChI=1S/C21H25N5O5/c1-13(22)19(27)23-14(2)20(28)25-18(12-15-6-4-3-5-7-15)21(29)24-16-8-10-17(11-9-16)26(30)31/h3-11,13-14,18H,12,22H2,1-2H3,(H,23,27)(H,24,29)(H,25,28)/t13-,14-,18+/m0/s1. The van der Waals surface area contributed by atoms with Crippen LogP contribution >= 0.6 is 0 Å². The summed E-state index contributed by atoms with van der Waals surface area (Å²) in [6.45, 7) is 2.99. The second kappa shape index (κ2) is 10.8. The van der Waals surface area contributed by atoms with Gasteiger partial charge in [0.2, 0.25) is 17.7 Å². The fraction of sp³-hybridized carbons (Fsp3) is 0.286. The van der Waals surface area contributed by atoms with Crippen molar-refractivity contribution in [3.05, 3.63) is 70.3 Å². The summed E-state index contributed by atoms with van der Waals surface area (Å²) in [5.41, 5.74) is 6.56. The van der Waals surface area contributed by atoms with Crippen LogP contribution in [0.1, 0.15) is 19.4 Å². The molecule has 0 fully saturated rings. The first-order valence-electron chi connectivity index (χ1n) is 9.63. The van der Waals surface area contributed by atoms with Gasteiger partial charge in [0.05, 0.1) is 11.0 Å². The number of hydrogen-bond acceptors (Lipinski definition) is 6. The van der Waals surface area contributed by atoms with Crippen LogP contribution in [-0.2, 0) is 20.8 Å². The second-order valence-electron chi connectivity index (χ2n) is 7.06. The van der Waals surface area contributed by atoms with Crippen LogP contribution in [0.15, 0.2) is 54.6 Å². The fourth-order valence-electron chi connectivity index (χ4n) is 2.66. The SMILES string of the molecule is C[C@H](N)C(=O)N[C@@H](C)C(=O)N[C@H](Cc1ccccc1)C(=O)Nc1ccc([N+](=O)[O-])cc1. The molecular formula is C21H25N5O5. The van der Waals surface area contributed by atoms with Crippen LogP contribution in [0.4, 0.5) is 11.4 Å². The number of carbonyl (C=O) groups is 3. The molecule has 0 unspecified atom stereocenters. The number of non-ortho nitro benzene ring substituents is 1. The van der Waals surface area contributed by atoms with Crippen molar-refractivity contribution in [2.45, 2.75) is 38.4 Å². The van der Waals surface area contributed by atoms with Crippen molar-refractivity contribution in [2.24, 2.45) is 5.73 Å². The molecule has 10 heteroatoms. The summed E-state index contributed by atoms with van der Waals surface area (Å²) in [5.74, 6) is -1.54. The van der Waals surface area contributed by atoms with Gasteiger partial charge < -0.3 is 21.7 Å². The molecular weight excluding hydrogens is 402 g/mol. The molecule has 0 radical (unpaired) electrons. The Morgan fingerprint density at radius 2 is 1.55 bits per heavy atom. The zero-order valence-electron chi connectivity index (χ0n) is 17.2. The molecule has 31 heavy (non-hydrogen) atoms. The lowest BCUT2D eigenvalue weighted by Gasteiger charge is -2.22. The summed E-state index contributed by atoms with van der Waals surface area (Å²) in [6, 6.07) is 11.8. The largest absolute Gasteiger partial charge is 0.343 e. The number of nitro groups is 1. The van der Waals surface area contributed by atoms with E-state index in [-0.39, 0.29) is 12.1 Å². The van der Waals surface area contributed by atoms with Gasteiger partial charge in [0.1, 0.15) is 12.1 Å². The van der Waals surface area contributed by atoms with Crippen LogP contribution in [0.3, 0.4) is 0 Å². The van der Waals surface area contributed by atoms with E-state index in [2.05, 4.69) is 16.0 Å². The summed E-state index contributed by atoms with van der Waals surface area (Å²) in [7, 11) is 0. The van der Waals surface area contributed by atoms with Gasteiger partial charge in [0, 0.05) is 24.2 Å². The highest BCUT2D eigenvalue weighted by molar-refractivity contribution is 5.98. The van der Waals surface area contributed by atoms with E-state index in [1.54, 1.807) is 0 Å². The molecule has 0 saturated heterocycles. The number of nitro benzene ring substituents is 1. The van der Waals surface area contributed by atoms with Gasteiger partial charge in [-0.3, -0.25) is 24.5 Å². The third-order valence-electron chi connectivity index (χ3n) is 4.43. The normalized spacial score (nSPS) is 13.4. The van der Waals surface area contributed by atoms with Crippen LogP contribution < -0.4 is 21.7 Å². The number of rotatable bonds is 9. The van der Waals surface area contributed by atoms with Crippen LogP contribution in [0.25, 0.3) is 0 Å². The molecule has 0 aliphatic carbocycles. The Morgan fingerprint density at radius 1 is 0.935 bits per heavy atom. The maximum absolute atomic E-state index is 12.9. The van der Waals surface area contributed by atoms with E-state index in [9.17, 15) is 24.5 Å². The van der Waals surface area contributed by atoms with Crippen molar-refractivity contribution >= 4 is 29.1 Å². The molecule has 5 N–H and O–H groups in total. The third kappa shape index (κ3) is 7.19. The van der Waals surface area contributed by atoms with Gasteiger partial charge in [-0.25, -0.2) is 0 Å². The lowest BCUT2D eigenvalue weighted by molar-refractivity contribution is -0.384.